The molecule has 1 aromatic rings. The highest BCUT2D eigenvalue weighted by Crippen LogP contribution is 2.35. The lowest BCUT2D eigenvalue weighted by Crippen LogP contribution is -2.38. The molecule has 0 aliphatic carbocycles. The van der Waals surface area contributed by atoms with Crippen LogP contribution < -0.4 is 4.90 Å². The van der Waals surface area contributed by atoms with Crippen molar-refractivity contribution < 1.29 is 0 Å². The van der Waals surface area contributed by atoms with Gasteiger partial charge in [0.1, 0.15) is 6.07 Å². The van der Waals surface area contributed by atoms with E-state index in [1.807, 2.05) is 12.1 Å². The van der Waals surface area contributed by atoms with Gasteiger partial charge < -0.3 is 4.90 Å². The van der Waals surface area contributed by atoms with Crippen LogP contribution in [0, 0.1) is 18.3 Å². The Morgan fingerprint density at radius 1 is 1.38 bits per heavy atom. The summed E-state index contributed by atoms with van der Waals surface area (Å²) in [5, 5.41) is 9.16. The molecular formula is C14H18N2. The van der Waals surface area contributed by atoms with Crippen molar-refractivity contribution in [3.8, 4) is 6.07 Å². The fourth-order valence-electron chi connectivity index (χ4n) is 2.51. The Morgan fingerprint density at radius 2 is 2.12 bits per heavy atom. The maximum Gasteiger partial charge on any atom is 0.101 e. The molecule has 1 aromatic carbocycles. The first-order valence-corrected chi connectivity index (χ1v) is 5.83. The van der Waals surface area contributed by atoms with Crippen molar-refractivity contribution in [1.82, 2.24) is 0 Å². The molecule has 2 rings (SSSR count). The normalized spacial score (nSPS) is 18.5. The summed E-state index contributed by atoms with van der Waals surface area (Å²) in [6, 6.07) is 8.36. The Kier molecular flexibility index (Phi) is 2.63. The average Bonchev–Trinajstić information content (AvgIpc) is 2.58. The summed E-state index contributed by atoms with van der Waals surface area (Å²) in [7, 11) is 0. The van der Waals surface area contributed by atoms with Crippen LogP contribution in [-0.2, 0) is 0 Å². The Balaban J connectivity index is 2.47. The number of hydrogen-bond donors (Lipinski definition) is 0. The summed E-state index contributed by atoms with van der Waals surface area (Å²) >= 11 is 0. The van der Waals surface area contributed by atoms with E-state index >= 15 is 0 Å². The van der Waals surface area contributed by atoms with Crippen molar-refractivity contribution in [2.45, 2.75) is 39.2 Å². The van der Waals surface area contributed by atoms with Gasteiger partial charge in [-0.2, -0.15) is 5.26 Å². The van der Waals surface area contributed by atoms with Crippen molar-refractivity contribution in [2.75, 3.05) is 11.4 Å². The average molecular weight is 214 g/mol. The molecule has 0 unspecified atom stereocenters. The smallest absolute Gasteiger partial charge is 0.101 e. The van der Waals surface area contributed by atoms with Crippen molar-refractivity contribution in [1.29, 1.82) is 5.26 Å². The van der Waals surface area contributed by atoms with Gasteiger partial charge in [-0.25, -0.2) is 0 Å². The van der Waals surface area contributed by atoms with Crippen LogP contribution in [0.15, 0.2) is 18.2 Å². The van der Waals surface area contributed by atoms with E-state index in [0.717, 1.165) is 17.8 Å². The van der Waals surface area contributed by atoms with Gasteiger partial charge in [0.05, 0.1) is 11.3 Å². The maximum absolute atomic E-state index is 9.16. The van der Waals surface area contributed by atoms with Crippen LogP contribution in [0.5, 0.6) is 0 Å². The van der Waals surface area contributed by atoms with Gasteiger partial charge in [0.15, 0.2) is 0 Å². The van der Waals surface area contributed by atoms with Crippen LogP contribution >= 0.6 is 0 Å². The molecule has 84 valence electrons. The largest absolute Gasteiger partial charge is 0.365 e. The van der Waals surface area contributed by atoms with Crippen LogP contribution in [0.4, 0.5) is 5.69 Å². The van der Waals surface area contributed by atoms with E-state index in [-0.39, 0.29) is 5.54 Å². The summed E-state index contributed by atoms with van der Waals surface area (Å²) in [5.41, 5.74) is 3.29. The van der Waals surface area contributed by atoms with Crippen molar-refractivity contribution >= 4 is 5.69 Å². The molecule has 1 aliphatic heterocycles. The number of aryl methyl sites for hydroxylation is 1. The van der Waals surface area contributed by atoms with Crippen LogP contribution in [0.25, 0.3) is 0 Å². The lowest BCUT2D eigenvalue weighted by atomic mass is 10.00. The summed E-state index contributed by atoms with van der Waals surface area (Å²) in [6.07, 6.45) is 2.41. The third-order valence-corrected chi connectivity index (χ3v) is 3.47. The van der Waals surface area contributed by atoms with Crippen LogP contribution in [0.1, 0.15) is 37.8 Å². The van der Waals surface area contributed by atoms with Gasteiger partial charge in [0, 0.05) is 12.1 Å². The van der Waals surface area contributed by atoms with Gasteiger partial charge in [0.2, 0.25) is 0 Å². The van der Waals surface area contributed by atoms with Crippen LogP contribution in [-0.4, -0.2) is 12.1 Å². The monoisotopic (exact) mass is 214 g/mol. The fourth-order valence-corrected chi connectivity index (χ4v) is 2.51. The molecule has 1 aliphatic rings. The third kappa shape index (κ3) is 1.78. The first kappa shape index (κ1) is 11.0. The van der Waals surface area contributed by atoms with E-state index in [0.29, 0.717) is 0 Å². The van der Waals surface area contributed by atoms with E-state index in [4.69, 9.17) is 5.26 Å². The molecule has 0 aromatic heterocycles. The van der Waals surface area contributed by atoms with E-state index in [1.54, 1.807) is 0 Å². The zero-order valence-electron chi connectivity index (χ0n) is 10.2. The minimum absolute atomic E-state index is 0.180. The summed E-state index contributed by atoms with van der Waals surface area (Å²) < 4.78 is 0. The Bertz CT molecular complexity index is 441. The number of nitriles is 1. The molecule has 16 heavy (non-hydrogen) atoms. The van der Waals surface area contributed by atoms with Gasteiger partial charge in [-0.15, -0.1) is 0 Å². The van der Waals surface area contributed by atoms with Crippen LogP contribution in [0.3, 0.4) is 0 Å². The predicted octanol–water partition coefficient (Wildman–Crippen LogP) is 3.25. The minimum atomic E-state index is 0.180. The molecule has 0 saturated carbocycles. The van der Waals surface area contributed by atoms with E-state index in [9.17, 15) is 0 Å². The minimum Gasteiger partial charge on any atom is -0.365 e. The van der Waals surface area contributed by atoms with Crippen LogP contribution in [0.2, 0.25) is 0 Å². The lowest BCUT2D eigenvalue weighted by Gasteiger charge is -2.34. The Labute approximate surface area is 97.5 Å². The lowest BCUT2D eigenvalue weighted by molar-refractivity contribution is 0.517. The highest BCUT2D eigenvalue weighted by atomic mass is 15.2. The molecular weight excluding hydrogens is 196 g/mol. The third-order valence-electron chi connectivity index (χ3n) is 3.47. The van der Waals surface area contributed by atoms with Crippen molar-refractivity contribution in [3.05, 3.63) is 29.3 Å². The molecule has 0 radical (unpaired) electrons. The number of rotatable bonds is 1. The summed E-state index contributed by atoms with van der Waals surface area (Å²) in [4.78, 5) is 2.37. The van der Waals surface area contributed by atoms with E-state index < -0.39 is 0 Å². The molecule has 1 heterocycles. The molecule has 0 bridgehead atoms. The first-order valence-electron chi connectivity index (χ1n) is 5.83. The number of nitrogens with zero attached hydrogens (tertiary/aromatic N) is 2. The molecule has 0 N–H and O–H groups in total. The van der Waals surface area contributed by atoms with Gasteiger partial charge >= 0.3 is 0 Å². The molecule has 2 heteroatoms. The highest BCUT2D eigenvalue weighted by molar-refractivity contribution is 5.62. The quantitative estimate of drug-likeness (QED) is 0.717. The topological polar surface area (TPSA) is 27.0 Å². The number of anilines is 1. The molecule has 0 atom stereocenters. The Hall–Kier alpha value is -1.49. The molecule has 2 nitrogen and oxygen atoms in total. The summed E-state index contributed by atoms with van der Waals surface area (Å²) in [5.74, 6) is 0. The van der Waals surface area contributed by atoms with E-state index in [2.05, 4.69) is 37.8 Å². The second-order valence-corrected chi connectivity index (χ2v) is 5.20. The zero-order chi connectivity index (χ0) is 11.8. The second-order valence-electron chi connectivity index (χ2n) is 5.20. The zero-order valence-corrected chi connectivity index (χ0v) is 10.2. The Morgan fingerprint density at radius 3 is 2.69 bits per heavy atom. The first-order chi connectivity index (χ1) is 7.54. The van der Waals surface area contributed by atoms with Gasteiger partial charge in [-0.1, -0.05) is 6.07 Å². The molecule has 0 amide bonds. The predicted molar refractivity (Wildman–Crippen MR) is 66.6 cm³/mol. The van der Waals surface area contributed by atoms with E-state index in [1.165, 1.54) is 18.4 Å². The van der Waals surface area contributed by atoms with Gasteiger partial charge in [-0.05, 0) is 51.3 Å². The summed E-state index contributed by atoms with van der Waals surface area (Å²) in [6.45, 7) is 7.64. The molecule has 1 fully saturated rings. The second kappa shape index (κ2) is 3.83. The SMILES string of the molecule is Cc1ccc(C#N)c(N2CCCC2(C)C)c1. The highest BCUT2D eigenvalue weighted by Gasteiger charge is 2.33. The van der Waals surface area contributed by atoms with Gasteiger partial charge in [0.25, 0.3) is 0 Å². The van der Waals surface area contributed by atoms with Gasteiger partial charge in [-0.3, -0.25) is 0 Å². The van der Waals surface area contributed by atoms with Crippen molar-refractivity contribution in [3.63, 3.8) is 0 Å². The standard InChI is InChI=1S/C14H18N2/c1-11-5-6-12(10-15)13(9-11)16-8-4-7-14(16,2)3/h5-6,9H,4,7-8H2,1-3H3. The fraction of sp³-hybridized carbons (Fsp3) is 0.500. The molecule has 0 spiro atoms. The maximum atomic E-state index is 9.16. The van der Waals surface area contributed by atoms with Crippen molar-refractivity contribution in [2.24, 2.45) is 0 Å². The molecule has 1 saturated heterocycles. The number of benzene rings is 1. The number of hydrogen-bond acceptors (Lipinski definition) is 2.